The zero-order valence-electron chi connectivity index (χ0n) is 17.0. The van der Waals surface area contributed by atoms with Crippen molar-refractivity contribution in [1.29, 1.82) is 0 Å². The van der Waals surface area contributed by atoms with Crippen LogP contribution in [-0.4, -0.2) is 36.9 Å². The van der Waals surface area contributed by atoms with Crippen LogP contribution in [0.25, 0.3) is 0 Å². The van der Waals surface area contributed by atoms with Crippen LogP contribution in [0.5, 0.6) is 11.5 Å². The molecular weight excluding hydrogens is 354 g/mol. The Bertz CT molecular complexity index is 814. The Kier molecular flexibility index (Phi) is 7.87. The fourth-order valence-corrected chi connectivity index (χ4v) is 2.87. The third-order valence-electron chi connectivity index (χ3n) is 4.44. The molecule has 28 heavy (non-hydrogen) atoms. The number of amides is 1. The Morgan fingerprint density at radius 2 is 1.93 bits per heavy atom. The number of rotatable bonds is 9. The maximum Gasteiger partial charge on any atom is 0.277 e. The summed E-state index contributed by atoms with van der Waals surface area (Å²) in [5, 5.41) is 14.1. The molecule has 2 aromatic rings. The molecule has 0 saturated heterocycles. The molecule has 0 aliphatic rings. The van der Waals surface area contributed by atoms with Gasteiger partial charge in [-0.3, -0.25) is 4.79 Å². The number of para-hydroxylation sites is 1. The standard InChI is InChI=1S/C22H29N3O3/c1-5-25(6-2)18-12-11-17(20(26)13-18)14-23-24-22(27)15-28-21-10-8-7-9-19(21)16(3)4/h7-14,16,26H,5-6,15H2,1-4H3,(H,24,27)/b23-14+. The van der Waals surface area contributed by atoms with Gasteiger partial charge < -0.3 is 14.7 Å². The zero-order chi connectivity index (χ0) is 20.5. The first-order chi connectivity index (χ1) is 13.5. The minimum Gasteiger partial charge on any atom is -0.507 e. The Morgan fingerprint density at radius 1 is 1.21 bits per heavy atom. The van der Waals surface area contributed by atoms with Crippen molar-refractivity contribution in [2.75, 3.05) is 24.6 Å². The maximum atomic E-state index is 12.0. The summed E-state index contributed by atoms with van der Waals surface area (Å²) < 4.78 is 5.61. The number of nitrogens with one attached hydrogen (secondary N) is 1. The Labute approximate surface area is 166 Å². The summed E-state index contributed by atoms with van der Waals surface area (Å²) in [6, 6.07) is 13.0. The van der Waals surface area contributed by atoms with E-state index in [0.29, 0.717) is 17.2 Å². The smallest absolute Gasteiger partial charge is 0.277 e. The molecule has 2 N–H and O–H groups in total. The fourth-order valence-electron chi connectivity index (χ4n) is 2.87. The van der Waals surface area contributed by atoms with E-state index in [-0.39, 0.29) is 18.3 Å². The van der Waals surface area contributed by atoms with Gasteiger partial charge in [-0.2, -0.15) is 5.10 Å². The molecule has 0 bridgehead atoms. The van der Waals surface area contributed by atoms with Crippen molar-refractivity contribution in [2.45, 2.75) is 33.6 Å². The first-order valence-corrected chi connectivity index (χ1v) is 9.57. The lowest BCUT2D eigenvalue weighted by Crippen LogP contribution is -2.25. The first-order valence-electron chi connectivity index (χ1n) is 9.57. The number of nitrogens with zero attached hydrogens (tertiary/aromatic N) is 2. The van der Waals surface area contributed by atoms with E-state index in [9.17, 15) is 9.90 Å². The number of phenols is 1. The number of aromatic hydroxyl groups is 1. The molecule has 6 heteroatoms. The fraction of sp³-hybridized carbons (Fsp3) is 0.364. The zero-order valence-corrected chi connectivity index (χ0v) is 17.0. The van der Waals surface area contributed by atoms with E-state index in [0.717, 1.165) is 24.3 Å². The number of hydrazone groups is 1. The second-order valence-corrected chi connectivity index (χ2v) is 6.69. The number of carbonyl (C=O) groups is 1. The van der Waals surface area contributed by atoms with E-state index in [1.807, 2.05) is 30.3 Å². The second kappa shape index (κ2) is 10.3. The monoisotopic (exact) mass is 383 g/mol. The van der Waals surface area contributed by atoms with Crippen LogP contribution in [0.4, 0.5) is 5.69 Å². The highest BCUT2D eigenvalue weighted by atomic mass is 16.5. The summed E-state index contributed by atoms with van der Waals surface area (Å²) in [5.74, 6) is 0.749. The quantitative estimate of drug-likeness (QED) is 0.509. The molecule has 0 saturated carbocycles. The molecule has 0 aliphatic carbocycles. The second-order valence-electron chi connectivity index (χ2n) is 6.69. The normalized spacial score (nSPS) is 11.0. The molecule has 1 amide bonds. The van der Waals surface area contributed by atoms with Crippen LogP contribution in [0.15, 0.2) is 47.6 Å². The van der Waals surface area contributed by atoms with E-state index in [4.69, 9.17) is 4.74 Å². The average molecular weight is 383 g/mol. The highest BCUT2D eigenvalue weighted by Gasteiger charge is 2.09. The van der Waals surface area contributed by atoms with Crippen molar-refractivity contribution in [3.8, 4) is 11.5 Å². The third-order valence-corrected chi connectivity index (χ3v) is 4.44. The number of ether oxygens (including phenoxy) is 1. The van der Waals surface area contributed by atoms with Gasteiger partial charge in [0.15, 0.2) is 6.61 Å². The number of phenolic OH excluding ortho intramolecular Hbond substituents is 1. The summed E-state index contributed by atoms with van der Waals surface area (Å²) in [6.07, 6.45) is 1.42. The number of carbonyl (C=O) groups excluding carboxylic acids is 1. The highest BCUT2D eigenvalue weighted by molar-refractivity contribution is 5.86. The molecule has 0 heterocycles. The molecule has 2 rings (SSSR count). The largest absolute Gasteiger partial charge is 0.507 e. The molecule has 0 aromatic heterocycles. The van der Waals surface area contributed by atoms with Crippen molar-refractivity contribution in [3.05, 3.63) is 53.6 Å². The van der Waals surface area contributed by atoms with E-state index in [1.54, 1.807) is 12.1 Å². The topological polar surface area (TPSA) is 74.2 Å². The van der Waals surface area contributed by atoms with E-state index in [2.05, 4.69) is 43.1 Å². The molecule has 0 fully saturated rings. The van der Waals surface area contributed by atoms with Gasteiger partial charge in [0.25, 0.3) is 5.91 Å². The van der Waals surface area contributed by atoms with Crippen molar-refractivity contribution < 1.29 is 14.6 Å². The lowest BCUT2D eigenvalue weighted by atomic mass is 10.0. The lowest BCUT2D eigenvalue weighted by Gasteiger charge is -2.21. The molecule has 0 spiro atoms. The van der Waals surface area contributed by atoms with Crippen molar-refractivity contribution >= 4 is 17.8 Å². The van der Waals surface area contributed by atoms with Gasteiger partial charge in [0, 0.05) is 30.4 Å². The number of hydrogen-bond acceptors (Lipinski definition) is 5. The molecule has 6 nitrogen and oxygen atoms in total. The van der Waals surface area contributed by atoms with E-state index in [1.165, 1.54) is 6.21 Å². The number of anilines is 1. The number of benzene rings is 2. The molecular formula is C22H29N3O3. The first kappa shape index (κ1) is 21.3. The van der Waals surface area contributed by atoms with Gasteiger partial charge >= 0.3 is 0 Å². The third kappa shape index (κ3) is 5.74. The Hall–Kier alpha value is -3.02. The minimum atomic E-state index is -0.367. The van der Waals surface area contributed by atoms with Crippen molar-refractivity contribution in [3.63, 3.8) is 0 Å². The molecule has 150 valence electrons. The predicted molar refractivity (Wildman–Crippen MR) is 113 cm³/mol. The summed E-state index contributed by atoms with van der Waals surface area (Å²) in [5.41, 5.74) is 4.95. The summed E-state index contributed by atoms with van der Waals surface area (Å²) in [7, 11) is 0. The van der Waals surface area contributed by atoms with Crippen LogP contribution in [0.1, 0.15) is 44.7 Å². The van der Waals surface area contributed by atoms with Crippen LogP contribution < -0.4 is 15.1 Å². The summed E-state index contributed by atoms with van der Waals surface area (Å²) in [4.78, 5) is 14.1. The SMILES string of the molecule is CCN(CC)c1ccc(/C=N/NC(=O)COc2ccccc2C(C)C)c(O)c1. The van der Waals surface area contributed by atoms with Gasteiger partial charge in [-0.1, -0.05) is 32.0 Å². The summed E-state index contributed by atoms with van der Waals surface area (Å²) in [6.45, 7) is 9.86. The van der Waals surface area contributed by atoms with Crippen LogP contribution in [0.3, 0.4) is 0 Å². The molecule has 0 unspecified atom stereocenters. The van der Waals surface area contributed by atoms with Crippen LogP contribution >= 0.6 is 0 Å². The minimum absolute atomic E-state index is 0.115. The van der Waals surface area contributed by atoms with Crippen molar-refractivity contribution in [2.24, 2.45) is 5.10 Å². The lowest BCUT2D eigenvalue weighted by molar-refractivity contribution is -0.123. The van der Waals surface area contributed by atoms with Gasteiger partial charge in [-0.15, -0.1) is 0 Å². The highest BCUT2D eigenvalue weighted by Crippen LogP contribution is 2.26. The molecule has 0 radical (unpaired) electrons. The van der Waals surface area contributed by atoms with Crippen LogP contribution in [0.2, 0.25) is 0 Å². The van der Waals surface area contributed by atoms with Gasteiger partial charge in [0.2, 0.25) is 0 Å². The van der Waals surface area contributed by atoms with Crippen molar-refractivity contribution in [1.82, 2.24) is 5.43 Å². The average Bonchev–Trinajstić information content (AvgIpc) is 2.69. The van der Waals surface area contributed by atoms with Gasteiger partial charge in [0.05, 0.1) is 6.21 Å². The van der Waals surface area contributed by atoms with E-state index < -0.39 is 0 Å². The molecule has 0 aliphatic heterocycles. The molecule has 2 aromatic carbocycles. The summed E-state index contributed by atoms with van der Waals surface area (Å²) >= 11 is 0. The number of hydrogen-bond donors (Lipinski definition) is 2. The van der Waals surface area contributed by atoms with E-state index >= 15 is 0 Å². The molecule has 0 atom stereocenters. The maximum absolute atomic E-state index is 12.0. The van der Waals surface area contributed by atoms with Crippen LogP contribution in [0, 0.1) is 0 Å². The van der Waals surface area contributed by atoms with Crippen LogP contribution in [-0.2, 0) is 4.79 Å². The predicted octanol–water partition coefficient (Wildman–Crippen LogP) is 3.89. The van der Waals surface area contributed by atoms with Gasteiger partial charge in [-0.05, 0) is 43.5 Å². The Morgan fingerprint density at radius 3 is 2.57 bits per heavy atom. The van der Waals surface area contributed by atoms with Gasteiger partial charge in [-0.25, -0.2) is 5.43 Å². The van der Waals surface area contributed by atoms with Gasteiger partial charge in [0.1, 0.15) is 11.5 Å². The Balaban J connectivity index is 1.91.